The summed E-state index contributed by atoms with van der Waals surface area (Å²) in [6.07, 6.45) is 0. The Morgan fingerprint density at radius 2 is 1.83 bits per heavy atom. The quantitative estimate of drug-likeness (QED) is 0.421. The van der Waals surface area contributed by atoms with Crippen molar-refractivity contribution >= 4 is 28.4 Å². The fraction of sp³-hybridized carbons (Fsp3) is 0.208. The van der Waals surface area contributed by atoms with Crippen molar-refractivity contribution < 1.29 is 9.21 Å². The lowest BCUT2D eigenvalue weighted by molar-refractivity contribution is -0.119. The van der Waals surface area contributed by atoms with E-state index in [4.69, 9.17) is 4.42 Å². The van der Waals surface area contributed by atoms with Crippen LogP contribution in [0.1, 0.15) is 29.7 Å². The van der Waals surface area contributed by atoms with Crippen LogP contribution in [0.15, 0.2) is 70.3 Å². The van der Waals surface area contributed by atoms with Crippen LogP contribution in [0, 0.1) is 13.8 Å². The molecule has 0 fully saturated rings. The minimum atomic E-state index is -0.0991. The second kappa shape index (κ2) is 8.71. The van der Waals surface area contributed by atoms with Gasteiger partial charge in [-0.3, -0.25) is 4.79 Å². The first-order valence-corrected chi connectivity index (χ1v) is 10.8. The molecule has 0 aliphatic heterocycles. The van der Waals surface area contributed by atoms with Crippen LogP contribution in [0.2, 0.25) is 0 Å². The second-order valence-corrected chi connectivity index (χ2v) is 8.25. The molecule has 3 aromatic carbocycles. The molecular weight excluding hydrogens is 394 g/mol. The normalized spacial score (nSPS) is 12.1. The first-order chi connectivity index (χ1) is 14.5. The van der Waals surface area contributed by atoms with E-state index in [0.717, 1.165) is 21.9 Å². The highest BCUT2D eigenvalue weighted by atomic mass is 32.2. The maximum absolute atomic E-state index is 12.5. The van der Waals surface area contributed by atoms with Gasteiger partial charge in [-0.15, -0.1) is 10.2 Å². The second-order valence-electron chi connectivity index (χ2n) is 7.32. The van der Waals surface area contributed by atoms with E-state index in [2.05, 4.69) is 40.6 Å². The third-order valence-corrected chi connectivity index (χ3v) is 5.97. The summed E-state index contributed by atoms with van der Waals surface area (Å²) < 4.78 is 5.72. The van der Waals surface area contributed by atoms with E-state index in [0.29, 0.717) is 11.1 Å². The summed E-state index contributed by atoms with van der Waals surface area (Å²) in [7, 11) is 0. The number of benzene rings is 3. The third-order valence-electron chi connectivity index (χ3n) is 5.15. The number of thioether (sulfide) groups is 1. The van der Waals surface area contributed by atoms with Crippen molar-refractivity contribution in [3.8, 4) is 11.5 Å². The van der Waals surface area contributed by atoms with Gasteiger partial charge in [0.25, 0.3) is 5.22 Å². The Kier molecular flexibility index (Phi) is 5.86. The van der Waals surface area contributed by atoms with E-state index in [9.17, 15) is 4.79 Å². The standard InChI is InChI=1S/C24H23N3O2S/c1-15-11-12-19(13-16(15)2)23-26-27-24(29-23)30-14-22(28)25-17(3)20-10-6-8-18-7-4-5-9-21(18)20/h4-13,17H,14H2,1-3H3,(H,25,28)/t17-/m0/s1. The predicted octanol–water partition coefficient (Wildman–Crippen LogP) is 5.48. The fourth-order valence-electron chi connectivity index (χ4n) is 3.38. The van der Waals surface area contributed by atoms with E-state index >= 15 is 0 Å². The molecule has 4 rings (SSSR count). The Labute approximate surface area is 179 Å². The first kappa shape index (κ1) is 20.2. The molecule has 0 radical (unpaired) electrons. The van der Waals surface area contributed by atoms with E-state index < -0.39 is 0 Å². The fourth-order valence-corrected chi connectivity index (χ4v) is 3.95. The number of hydrogen-bond donors (Lipinski definition) is 1. The van der Waals surface area contributed by atoms with Crippen LogP contribution in [0.3, 0.4) is 0 Å². The van der Waals surface area contributed by atoms with Crippen LogP contribution in [0.25, 0.3) is 22.2 Å². The Morgan fingerprint density at radius 3 is 2.67 bits per heavy atom. The van der Waals surface area contributed by atoms with Crippen molar-refractivity contribution in [3.05, 3.63) is 77.4 Å². The highest BCUT2D eigenvalue weighted by Gasteiger charge is 2.15. The van der Waals surface area contributed by atoms with Gasteiger partial charge in [0, 0.05) is 5.56 Å². The molecule has 0 saturated carbocycles. The minimum Gasteiger partial charge on any atom is -0.411 e. The smallest absolute Gasteiger partial charge is 0.277 e. The van der Waals surface area contributed by atoms with Crippen molar-refractivity contribution in [1.82, 2.24) is 15.5 Å². The van der Waals surface area contributed by atoms with Crippen LogP contribution >= 0.6 is 11.8 Å². The highest BCUT2D eigenvalue weighted by Crippen LogP contribution is 2.26. The summed E-state index contributed by atoms with van der Waals surface area (Å²) in [5.41, 5.74) is 4.36. The van der Waals surface area contributed by atoms with Crippen LogP contribution in [-0.4, -0.2) is 21.9 Å². The number of carbonyl (C=O) groups excluding carboxylic acids is 1. The number of aromatic nitrogens is 2. The van der Waals surface area contributed by atoms with E-state index in [1.54, 1.807) is 0 Å². The Hall–Kier alpha value is -3.12. The molecule has 0 unspecified atom stereocenters. The number of aryl methyl sites for hydroxylation is 2. The number of amides is 1. The van der Waals surface area contributed by atoms with Gasteiger partial charge in [0.2, 0.25) is 11.8 Å². The zero-order valence-electron chi connectivity index (χ0n) is 17.2. The lowest BCUT2D eigenvalue weighted by Crippen LogP contribution is -2.28. The maximum atomic E-state index is 12.5. The molecule has 6 heteroatoms. The van der Waals surface area contributed by atoms with Gasteiger partial charge in [-0.2, -0.15) is 0 Å². The molecule has 0 saturated heterocycles. The van der Waals surface area contributed by atoms with Crippen molar-refractivity contribution in [2.75, 3.05) is 5.75 Å². The third kappa shape index (κ3) is 4.39. The van der Waals surface area contributed by atoms with Crippen molar-refractivity contribution in [2.45, 2.75) is 32.0 Å². The molecule has 1 atom stereocenters. The van der Waals surface area contributed by atoms with Crippen LogP contribution in [0.5, 0.6) is 0 Å². The van der Waals surface area contributed by atoms with E-state index in [1.807, 2.05) is 56.3 Å². The van der Waals surface area contributed by atoms with Crippen LogP contribution < -0.4 is 5.32 Å². The van der Waals surface area contributed by atoms with Crippen molar-refractivity contribution in [1.29, 1.82) is 0 Å². The zero-order chi connectivity index (χ0) is 21.1. The van der Waals surface area contributed by atoms with Gasteiger partial charge in [0.15, 0.2) is 0 Å². The number of rotatable bonds is 6. The molecule has 4 aromatic rings. The molecule has 5 nitrogen and oxygen atoms in total. The predicted molar refractivity (Wildman–Crippen MR) is 120 cm³/mol. The number of fused-ring (bicyclic) bond motifs is 1. The molecule has 1 heterocycles. The molecule has 0 aliphatic rings. The van der Waals surface area contributed by atoms with Crippen molar-refractivity contribution in [2.24, 2.45) is 0 Å². The Morgan fingerprint density at radius 1 is 1.03 bits per heavy atom. The summed E-state index contributed by atoms with van der Waals surface area (Å²) in [6, 6.07) is 20.2. The minimum absolute atomic E-state index is 0.0774. The van der Waals surface area contributed by atoms with Crippen LogP contribution in [0.4, 0.5) is 0 Å². The molecule has 152 valence electrons. The Bertz CT molecular complexity index is 1200. The first-order valence-electron chi connectivity index (χ1n) is 9.82. The SMILES string of the molecule is Cc1ccc(-c2nnc(SCC(=O)N[C@@H](C)c3cccc4ccccc34)o2)cc1C. The van der Waals surface area contributed by atoms with Gasteiger partial charge in [-0.1, -0.05) is 60.3 Å². The molecule has 1 N–H and O–H groups in total. The summed E-state index contributed by atoms with van der Waals surface area (Å²) in [4.78, 5) is 12.5. The van der Waals surface area contributed by atoms with Gasteiger partial charge in [-0.05, 0) is 60.4 Å². The van der Waals surface area contributed by atoms with Gasteiger partial charge < -0.3 is 9.73 Å². The summed E-state index contributed by atoms with van der Waals surface area (Å²) >= 11 is 1.24. The largest absolute Gasteiger partial charge is 0.411 e. The average Bonchev–Trinajstić information content (AvgIpc) is 3.23. The van der Waals surface area contributed by atoms with Gasteiger partial charge in [0.05, 0.1) is 11.8 Å². The number of hydrogen-bond acceptors (Lipinski definition) is 5. The number of nitrogens with zero attached hydrogens (tertiary/aromatic N) is 2. The van der Waals surface area contributed by atoms with E-state index in [-0.39, 0.29) is 17.7 Å². The average molecular weight is 418 g/mol. The zero-order valence-corrected chi connectivity index (χ0v) is 18.0. The topological polar surface area (TPSA) is 68.0 Å². The van der Waals surface area contributed by atoms with Gasteiger partial charge >= 0.3 is 0 Å². The lowest BCUT2D eigenvalue weighted by Gasteiger charge is -2.16. The number of nitrogens with one attached hydrogen (secondary N) is 1. The summed E-state index contributed by atoms with van der Waals surface area (Å²) in [5.74, 6) is 0.598. The summed E-state index contributed by atoms with van der Waals surface area (Å²) in [5, 5.41) is 13.9. The molecular formula is C24H23N3O2S. The Balaban J connectivity index is 1.38. The van der Waals surface area contributed by atoms with Gasteiger partial charge in [0.1, 0.15) is 0 Å². The molecule has 0 spiro atoms. The van der Waals surface area contributed by atoms with Crippen molar-refractivity contribution in [3.63, 3.8) is 0 Å². The van der Waals surface area contributed by atoms with Gasteiger partial charge in [-0.25, -0.2) is 0 Å². The molecule has 30 heavy (non-hydrogen) atoms. The number of carbonyl (C=O) groups is 1. The molecule has 0 aliphatic carbocycles. The lowest BCUT2D eigenvalue weighted by atomic mass is 10.00. The summed E-state index contributed by atoms with van der Waals surface area (Å²) in [6.45, 7) is 6.10. The molecule has 1 aromatic heterocycles. The maximum Gasteiger partial charge on any atom is 0.277 e. The monoisotopic (exact) mass is 417 g/mol. The van der Waals surface area contributed by atoms with Crippen LogP contribution in [-0.2, 0) is 4.79 Å². The molecule has 1 amide bonds. The highest BCUT2D eigenvalue weighted by molar-refractivity contribution is 7.99. The van der Waals surface area contributed by atoms with E-state index in [1.165, 1.54) is 22.9 Å². The molecule has 0 bridgehead atoms.